The summed E-state index contributed by atoms with van der Waals surface area (Å²) in [4.78, 5) is 11.9. The highest BCUT2D eigenvalue weighted by Gasteiger charge is 2.09. The fraction of sp³-hybridized carbons (Fsp3) is 0.235. The van der Waals surface area contributed by atoms with Crippen molar-refractivity contribution in [2.45, 2.75) is 13.0 Å². The van der Waals surface area contributed by atoms with Crippen molar-refractivity contribution < 1.29 is 14.6 Å². The Kier molecular flexibility index (Phi) is 5.75. The zero-order chi connectivity index (χ0) is 15.9. The molecule has 4 nitrogen and oxygen atoms in total. The van der Waals surface area contributed by atoms with Gasteiger partial charge in [0.1, 0.15) is 5.75 Å². The number of aliphatic hydroxyl groups excluding tert-OH is 1. The van der Waals surface area contributed by atoms with E-state index in [1.807, 2.05) is 48.0 Å². The summed E-state index contributed by atoms with van der Waals surface area (Å²) in [6, 6.07) is 9.37. The van der Waals surface area contributed by atoms with Crippen molar-refractivity contribution in [3.05, 3.63) is 58.3 Å². The molecule has 116 valence electrons. The van der Waals surface area contributed by atoms with E-state index in [4.69, 9.17) is 4.74 Å². The van der Waals surface area contributed by atoms with Crippen molar-refractivity contribution in [1.82, 2.24) is 5.32 Å². The Balaban J connectivity index is 1.94. The van der Waals surface area contributed by atoms with E-state index in [9.17, 15) is 9.90 Å². The second-order valence-corrected chi connectivity index (χ2v) is 5.66. The van der Waals surface area contributed by atoms with E-state index in [1.165, 1.54) is 17.4 Å². The SMILES string of the molecule is COc1cccc(/C(C)=C/C(=O)NCC(O)c2ccsc2)c1. The van der Waals surface area contributed by atoms with Gasteiger partial charge in [0.2, 0.25) is 5.91 Å². The number of benzene rings is 1. The van der Waals surface area contributed by atoms with Crippen molar-refractivity contribution >= 4 is 22.8 Å². The maximum atomic E-state index is 11.9. The molecule has 2 rings (SSSR count). The van der Waals surface area contributed by atoms with Crippen molar-refractivity contribution in [3.63, 3.8) is 0 Å². The average Bonchev–Trinajstić information content (AvgIpc) is 3.07. The van der Waals surface area contributed by atoms with Gasteiger partial charge < -0.3 is 15.2 Å². The molecule has 5 heteroatoms. The van der Waals surface area contributed by atoms with Gasteiger partial charge in [-0.1, -0.05) is 12.1 Å². The second-order valence-electron chi connectivity index (χ2n) is 4.88. The Hall–Kier alpha value is -2.11. The quantitative estimate of drug-likeness (QED) is 0.805. The highest BCUT2D eigenvalue weighted by molar-refractivity contribution is 7.07. The van der Waals surface area contributed by atoms with Gasteiger partial charge in [0.05, 0.1) is 13.2 Å². The van der Waals surface area contributed by atoms with Crippen LogP contribution in [-0.2, 0) is 4.79 Å². The van der Waals surface area contributed by atoms with Crippen LogP contribution in [0.3, 0.4) is 0 Å². The maximum Gasteiger partial charge on any atom is 0.244 e. The fourth-order valence-corrected chi connectivity index (χ4v) is 2.69. The summed E-state index contributed by atoms with van der Waals surface area (Å²) in [6.45, 7) is 2.06. The lowest BCUT2D eigenvalue weighted by molar-refractivity contribution is -0.116. The van der Waals surface area contributed by atoms with Crippen molar-refractivity contribution in [3.8, 4) is 5.75 Å². The largest absolute Gasteiger partial charge is 0.497 e. The second kappa shape index (κ2) is 7.77. The molecule has 1 atom stereocenters. The Morgan fingerprint density at radius 2 is 2.27 bits per heavy atom. The van der Waals surface area contributed by atoms with Gasteiger partial charge in [0.25, 0.3) is 0 Å². The molecule has 1 amide bonds. The number of aliphatic hydroxyl groups is 1. The van der Waals surface area contributed by atoms with Crippen LogP contribution in [0.1, 0.15) is 24.2 Å². The van der Waals surface area contributed by atoms with Crippen LogP contribution in [0.5, 0.6) is 5.75 Å². The van der Waals surface area contributed by atoms with Gasteiger partial charge in [-0.25, -0.2) is 0 Å². The molecule has 2 aromatic rings. The average molecular weight is 317 g/mol. The van der Waals surface area contributed by atoms with E-state index in [0.29, 0.717) is 0 Å². The Bertz CT molecular complexity index is 650. The molecular weight excluding hydrogens is 298 g/mol. The molecule has 0 spiro atoms. The molecule has 0 radical (unpaired) electrons. The number of thiophene rings is 1. The topological polar surface area (TPSA) is 58.6 Å². The van der Waals surface area contributed by atoms with E-state index in [0.717, 1.165) is 22.4 Å². The molecule has 0 aliphatic heterocycles. The normalized spacial score (nSPS) is 12.8. The lowest BCUT2D eigenvalue weighted by atomic mass is 10.1. The highest BCUT2D eigenvalue weighted by Crippen LogP contribution is 2.19. The highest BCUT2D eigenvalue weighted by atomic mass is 32.1. The molecule has 0 bridgehead atoms. The van der Waals surface area contributed by atoms with Gasteiger partial charge in [-0.05, 0) is 52.6 Å². The number of rotatable bonds is 6. The summed E-state index contributed by atoms with van der Waals surface area (Å²) >= 11 is 1.52. The number of carbonyl (C=O) groups is 1. The minimum atomic E-state index is -0.680. The summed E-state index contributed by atoms with van der Waals surface area (Å²) in [5.41, 5.74) is 2.58. The van der Waals surface area contributed by atoms with Gasteiger partial charge >= 0.3 is 0 Å². The molecule has 0 fully saturated rings. The van der Waals surface area contributed by atoms with Crippen LogP contribution in [0.15, 0.2) is 47.2 Å². The van der Waals surface area contributed by atoms with Crippen LogP contribution in [0.4, 0.5) is 0 Å². The van der Waals surface area contributed by atoms with Crippen molar-refractivity contribution in [2.24, 2.45) is 0 Å². The lowest BCUT2D eigenvalue weighted by Gasteiger charge is -2.10. The van der Waals surface area contributed by atoms with E-state index < -0.39 is 6.10 Å². The first-order valence-corrected chi connectivity index (χ1v) is 7.85. The van der Waals surface area contributed by atoms with E-state index >= 15 is 0 Å². The molecule has 2 N–H and O–H groups in total. The van der Waals surface area contributed by atoms with Crippen LogP contribution in [0.25, 0.3) is 5.57 Å². The number of methoxy groups -OCH3 is 1. The third-order valence-corrected chi connectivity index (χ3v) is 3.97. The number of amides is 1. The summed E-state index contributed by atoms with van der Waals surface area (Å²) in [6.07, 6.45) is 0.843. The molecule has 1 aromatic heterocycles. The third kappa shape index (κ3) is 4.44. The first-order chi connectivity index (χ1) is 10.6. The van der Waals surface area contributed by atoms with Crippen LogP contribution < -0.4 is 10.1 Å². The Morgan fingerprint density at radius 3 is 2.95 bits per heavy atom. The number of allylic oxidation sites excluding steroid dienone is 1. The molecule has 1 heterocycles. The monoisotopic (exact) mass is 317 g/mol. The smallest absolute Gasteiger partial charge is 0.244 e. The summed E-state index contributed by atoms with van der Waals surface area (Å²) in [7, 11) is 1.61. The van der Waals surface area contributed by atoms with Gasteiger partial charge in [-0.15, -0.1) is 0 Å². The molecule has 22 heavy (non-hydrogen) atoms. The number of hydrogen-bond donors (Lipinski definition) is 2. The predicted octanol–water partition coefficient (Wildman–Crippen LogP) is 3.01. The summed E-state index contributed by atoms with van der Waals surface area (Å²) in [5.74, 6) is 0.521. The van der Waals surface area contributed by atoms with Crippen molar-refractivity contribution in [2.75, 3.05) is 13.7 Å². The standard InChI is InChI=1S/C17H19NO3S/c1-12(13-4-3-5-15(9-13)21-2)8-17(20)18-10-16(19)14-6-7-22-11-14/h3-9,11,16,19H,10H2,1-2H3,(H,18,20)/b12-8+. The van der Waals surface area contributed by atoms with Crippen LogP contribution in [0, 0.1) is 0 Å². The van der Waals surface area contributed by atoms with Gasteiger partial charge in [0, 0.05) is 12.6 Å². The number of carbonyl (C=O) groups excluding carboxylic acids is 1. The van der Waals surface area contributed by atoms with Crippen LogP contribution in [0.2, 0.25) is 0 Å². The summed E-state index contributed by atoms with van der Waals surface area (Å²) < 4.78 is 5.17. The minimum Gasteiger partial charge on any atom is -0.497 e. The molecule has 1 aromatic carbocycles. The molecule has 0 aliphatic rings. The number of nitrogens with one attached hydrogen (secondary N) is 1. The fourth-order valence-electron chi connectivity index (χ4n) is 1.98. The first-order valence-electron chi connectivity index (χ1n) is 6.91. The Morgan fingerprint density at radius 1 is 1.45 bits per heavy atom. The van der Waals surface area contributed by atoms with Crippen LogP contribution >= 0.6 is 11.3 Å². The molecule has 0 saturated carbocycles. The Labute approximate surface area is 134 Å². The molecule has 1 unspecified atom stereocenters. The molecule has 0 aliphatic carbocycles. The molecule has 0 saturated heterocycles. The lowest BCUT2D eigenvalue weighted by Crippen LogP contribution is -2.26. The van der Waals surface area contributed by atoms with Crippen LogP contribution in [-0.4, -0.2) is 24.7 Å². The van der Waals surface area contributed by atoms with Crippen molar-refractivity contribution in [1.29, 1.82) is 0 Å². The third-order valence-electron chi connectivity index (χ3n) is 3.27. The summed E-state index contributed by atoms with van der Waals surface area (Å²) in [5, 5.41) is 16.4. The van der Waals surface area contributed by atoms with Gasteiger partial charge in [-0.3, -0.25) is 4.79 Å². The van der Waals surface area contributed by atoms with Gasteiger partial charge in [-0.2, -0.15) is 11.3 Å². The number of hydrogen-bond acceptors (Lipinski definition) is 4. The minimum absolute atomic E-state index is 0.192. The molecular formula is C17H19NO3S. The zero-order valence-electron chi connectivity index (χ0n) is 12.6. The maximum absolute atomic E-state index is 11.9. The first kappa shape index (κ1) is 16.3. The van der Waals surface area contributed by atoms with E-state index in [-0.39, 0.29) is 12.5 Å². The number of ether oxygens (including phenoxy) is 1. The predicted molar refractivity (Wildman–Crippen MR) is 88.9 cm³/mol. The zero-order valence-corrected chi connectivity index (χ0v) is 13.4. The van der Waals surface area contributed by atoms with E-state index in [1.54, 1.807) is 7.11 Å². The van der Waals surface area contributed by atoms with Gasteiger partial charge in [0.15, 0.2) is 0 Å². The van der Waals surface area contributed by atoms with E-state index in [2.05, 4.69) is 5.32 Å².